The van der Waals surface area contributed by atoms with Gasteiger partial charge in [-0.15, -0.1) is 0 Å². The number of hydrogen-bond acceptors (Lipinski definition) is 4. The summed E-state index contributed by atoms with van der Waals surface area (Å²) >= 11 is 0. The first-order valence-electron chi connectivity index (χ1n) is 6.91. The molecule has 1 heterocycles. The summed E-state index contributed by atoms with van der Waals surface area (Å²) in [5.41, 5.74) is 6.83. The van der Waals surface area contributed by atoms with Gasteiger partial charge in [-0.1, -0.05) is 11.6 Å². The third kappa shape index (κ3) is 2.51. The van der Waals surface area contributed by atoms with Crippen LogP contribution in [0, 0.1) is 6.92 Å². The highest BCUT2D eigenvalue weighted by Gasteiger charge is 2.42. The number of ether oxygens (including phenoxy) is 1. The molecule has 110 valence electrons. The average molecular weight is 277 g/mol. The number of benzene rings is 1. The summed E-state index contributed by atoms with van der Waals surface area (Å²) in [4.78, 5) is 14.3. The van der Waals surface area contributed by atoms with E-state index in [0.29, 0.717) is 5.75 Å². The number of carbonyl (C=O) groups excluding carboxylic acids is 1. The number of rotatable bonds is 4. The molecule has 5 heteroatoms. The molecule has 0 aromatic heterocycles. The quantitative estimate of drug-likeness (QED) is 0.846. The fourth-order valence-electron chi connectivity index (χ4n) is 2.77. The van der Waals surface area contributed by atoms with Gasteiger partial charge in [-0.05, 0) is 26.0 Å². The minimum atomic E-state index is -0.848. The molecule has 0 radical (unpaired) electrons. The molecule has 1 aromatic rings. The van der Waals surface area contributed by atoms with Crippen LogP contribution in [0.3, 0.4) is 0 Å². The molecule has 1 atom stereocenters. The highest BCUT2D eigenvalue weighted by atomic mass is 16.5. The Labute approximate surface area is 120 Å². The second-order valence-corrected chi connectivity index (χ2v) is 5.38. The summed E-state index contributed by atoms with van der Waals surface area (Å²) in [6, 6.07) is 5.86. The first kappa shape index (κ1) is 14.8. The molecule has 1 amide bonds. The minimum Gasteiger partial charge on any atom is -0.496 e. The number of methoxy groups -OCH3 is 1. The Kier molecular flexibility index (Phi) is 4.30. The molecule has 0 spiro atoms. The van der Waals surface area contributed by atoms with E-state index in [1.54, 1.807) is 7.11 Å². The molecule has 1 aliphatic rings. The predicted octanol–water partition coefficient (Wildman–Crippen LogP) is 0.609. The lowest BCUT2D eigenvalue weighted by atomic mass is 9.86. The van der Waals surface area contributed by atoms with Gasteiger partial charge < -0.3 is 15.8 Å². The van der Waals surface area contributed by atoms with Gasteiger partial charge in [-0.2, -0.15) is 0 Å². The maximum absolute atomic E-state index is 12.2. The van der Waals surface area contributed by atoms with Crippen LogP contribution in [-0.4, -0.2) is 44.1 Å². The van der Waals surface area contributed by atoms with Crippen LogP contribution in [0.15, 0.2) is 18.2 Å². The molecule has 1 aromatic carbocycles. The first-order valence-corrected chi connectivity index (χ1v) is 6.91. The van der Waals surface area contributed by atoms with Crippen LogP contribution in [0.25, 0.3) is 0 Å². The number of piperazine rings is 1. The number of amides is 1. The van der Waals surface area contributed by atoms with Crippen molar-refractivity contribution in [2.24, 2.45) is 5.73 Å². The molecule has 0 saturated carbocycles. The van der Waals surface area contributed by atoms with E-state index in [1.165, 1.54) is 0 Å². The van der Waals surface area contributed by atoms with Gasteiger partial charge in [0.25, 0.3) is 0 Å². The number of carbonyl (C=O) groups is 1. The van der Waals surface area contributed by atoms with Crippen LogP contribution in [0.1, 0.15) is 18.1 Å². The van der Waals surface area contributed by atoms with E-state index in [9.17, 15) is 4.79 Å². The van der Waals surface area contributed by atoms with E-state index in [-0.39, 0.29) is 5.91 Å². The fourth-order valence-corrected chi connectivity index (χ4v) is 2.77. The summed E-state index contributed by atoms with van der Waals surface area (Å²) in [5, 5.41) is 3.29. The summed E-state index contributed by atoms with van der Waals surface area (Å²) in [6.45, 7) is 7.18. The SMILES string of the molecule is COc1ccc(C)cc1C(C)(C(N)=O)N1CCNCC1. The van der Waals surface area contributed by atoms with Gasteiger partial charge in [0.2, 0.25) is 5.91 Å². The lowest BCUT2D eigenvalue weighted by molar-refractivity contribution is -0.130. The number of nitrogens with zero attached hydrogens (tertiary/aromatic N) is 1. The third-order valence-corrected chi connectivity index (χ3v) is 4.11. The number of hydrogen-bond donors (Lipinski definition) is 2. The van der Waals surface area contributed by atoms with E-state index in [4.69, 9.17) is 10.5 Å². The molecule has 0 aliphatic carbocycles. The summed E-state index contributed by atoms with van der Waals surface area (Å²) in [5.74, 6) is 0.360. The Morgan fingerprint density at radius 1 is 1.40 bits per heavy atom. The van der Waals surface area contributed by atoms with Gasteiger partial charge >= 0.3 is 0 Å². The molecule has 1 aliphatic heterocycles. The van der Waals surface area contributed by atoms with Crippen LogP contribution in [0.5, 0.6) is 5.75 Å². The Morgan fingerprint density at radius 3 is 2.60 bits per heavy atom. The maximum Gasteiger partial charge on any atom is 0.242 e. The van der Waals surface area contributed by atoms with Gasteiger partial charge in [0.1, 0.15) is 11.3 Å². The van der Waals surface area contributed by atoms with Crippen LogP contribution in [0.2, 0.25) is 0 Å². The Morgan fingerprint density at radius 2 is 2.05 bits per heavy atom. The van der Waals surface area contributed by atoms with Gasteiger partial charge in [0.15, 0.2) is 0 Å². The van der Waals surface area contributed by atoms with Crippen LogP contribution in [-0.2, 0) is 10.3 Å². The van der Waals surface area contributed by atoms with Crippen molar-refractivity contribution >= 4 is 5.91 Å². The maximum atomic E-state index is 12.2. The standard InChI is InChI=1S/C15H23N3O2/c1-11-4-5-13(20-3)12(10-11)15(2,14(16)19)18-8-6-17-7-9-18/h4-5,10,17H,6-9H2,1-3H3,(H2,16,19). The van der Waals surface area contributed by atoms with Crippen molar-refractivity contribution in [2.45, 2.75) is 19.4 Å². The molecule has 1 fully saturated rings. The number of nitrogens with one attached hydrogen (secondary N) is 1. The normalized spacial score (nSPS) is 19.4. The van der Waals surface area contributed by atoms with E-state index in [0.717, 1.165) is 37.3 Å². The number of nitrogens with two attached hydrogens (primary N) is 1. The van der Waals surface area contributed by atoms with Crippen LogP contribution < -0.4 is 15.8 Å². The zero-order valence-corrected chi connectivity index (χ0v) is 12.4. The summed E-state index contributed by atoms with van der Waals surface area (Å²) in [6.07, 6.45) is 0. The number of aryl methyl sites for hydroxylation is 1. The van der Waals surface area contributed by atoms with Crippen molar-refractivity contribution in [1.29, 1.82) is 0 Å². The predicted molar refractivity (Wildman–Crippen MR) is 78.7 cm³/mol. The molecular weight excluding hydrogens is 254 g/mol. The Bertz CT molecular complexity index is 498. The van der Waals surface area contributed by atoms with E-state index >= 15 is 0 Å². The van der Waals surface area contributed by atoms with Crippen molar-refractivity contribution in [3.8, 4) is 5.75 Å². The molecule has 20 heavy (non-hydrogen) atoms. The number of primary amides is 1. The van der Waals surface area contributed by atoms with Gasteiger partial charge in [-0.3, -0.25) is 9.69 Å². The Hall–Kier alpha value is -1.59. The average Bonchev–Trinajstić information content (AvgIpc) is 2.47. The lowest BCUT2D eigenvalue weighted by Gasteiger charge is -2.42. The zero-order chi connectivity index (χ0) is 14.8. The largest absolute Gasteiger partial charge is 0.496 e. The van der Waals surface area contributed by atoms with Crippen LogP contribution in [0.4, 0.5) is 0 Å². The summed E-state index contributed by atoms with van der Waals surface area (Å²) in [7, 11) is 1.62. The van der Waals surface area contributed by atoms with Crippen molar-refractivity contribution in [2.75, 3.05) is 33.3 Å². The monoisotopic (exact) mass is 277 g/mol. The minimum absolute atomic E-state index is 0.344. The molecule has 0 bridgehead atoms. The second-order valence-electron chi connectivity index (χ2n) is 5.38. The highest BCUT2D eigenvalue weighted by Crippen LogP contribution is 2.35. The molecule has 2 rings (SSSR count). The van der Waals surface area contributed by atoms with Crippen LogP contribution >= 0.6 is 0 Å². The molecule has 3 N–H and O–H groups in total. The van der Waals surface area contributed by atoms with E-state index in [1.807, 2.05) is 32.0 Å². The van der Waals surface area contributed by atoms with Gasteiger partial charge in [0, 0.05) is 31.7 Å². The topological polar surface area (TPSA) is 67.6 Å². The van der Waals surface area contributed by atoms with Crippen molar-refractivity contribution in [3.63, 3.8) is 0 Å². The van der Waals surface area contributed by atoms with E-state index in [2.05, 4.69) is 10.2 Å². The lowest BCUT2D eigenvalue weighted by Crippen LogP contribution is -2.58. The first-order chi connectivity index (χ1) is 9.50. The molecule has 1 unspecified atom stereocenters. The third-order valence-electron chi connectivity index (χ3n) is 4.11. The van der Waals surface area contributed by atoms with Crippen molar-refractivity contribution in [3.05, 3.63) is 29.3 Å². The highest BCUT2D eigenvalue weighted by molar-refractivity contribution is 5.86. The molecule has 1 saturated heterocycles. The summed E-state index contributed by atoms with van der Waals surface area (Å²) < 4.78 is 5.44. The van der Waals surface area contributed by atoms with Gasteiger partial charge in [-0.25, -0.2) is 0 Å². The second kappa shape index (κ2) is 5.81. The van der Waals surface area contributed by atoms with E-state index < -0.39 is 5.54 Å². The van der Waals surface area contributed by atoms with Crippen molar-refractivity contribution < 1.29 is 9.53 Å². The van der Waals surface area contributed by atoms with Gasteiger partial charge in [0.05, 0.1) is 7.11 Å². The molecule has 5 nitrogen and oxygen atoms in total. The van der Waals surface area contributed by atoms with Crippen molar-refractivity contribution in [1.82, 2.24) is 10.2 Å². The smallest absolute Gasteiger partial charge is 0.242 e. The Balaban J connectivity index is 2.51. The molecular formula is C15H23N3O2. The zero-order valence-electron chi connectivity index (χ0n) is 12.4. The fraction of sp³-hybridized carbons (Fsp3) is 0.533.